The van der Waals surface area contributed by atoms with Crippen LogP contribution in [-0.2, 0) is 7.05 Å². The molecule has 0 N–H and O–H groups in total. The summed E-state index contributed by atoms with van der Waals surface area (Å²) in [6, 6.07) is 0. The zero-order valence-corrected chi connectivity index (χ0v) is 7.95. The van der Waals surface area contributed by atoms with Crippen LogP contribution in [-0.4, -0.2) is 20.8 Å². The molecule has 13 heavy (non-hydrogen) atoms. The molecule has 4 heteroatoms. The molecule has 2 rings (SSSR count). The highest BCUT2D eigenvalue weighted by Gasteiger charge is 2.48. The average molecular weight is 179 g/mol. The Balaban J connectivity index is 2.28. The first kappa shape index (κ1) is 8.41. The highest BCUT2D eigenvalue weighted by molar-refractivity contribution is 6.00. The monoisotopic (exact) mass is 179 g/mol. The quantitative estimate of drug-likeness (QED) is 0.655. The average Bonchev–Trinajstić information content (AvgIpc) is 2.83. The molecule has 1 aromatic heterocycles. The molecule has 0 atom stereocenters. The van der Waals surface area contributed by atoms with E-state index in [0.29, 0.717) is 5.69 Å². The van der Waals surface area contributed by atoms with E-state index in [1.807, 2.05) is 0 Å². The van der Waals surface area contributed by atoms with Crippen molar-refractivity contribution < 1.29 is 4.79 Å². The lowest BCUT2D eigenvalue weighted by Crippen LogP contribution is -2.18. The Morgan fingerprint density at radius 1 is 1.69 bits per heavy atom. The molecule has 1 fully saturated rings. The second kappa shape index (κ2) is 2.65. The normalized spacial score (nSPS) is 18.6. The molecular formula is C9H13N3O. The molecule has 1 aliphatic carbocycles. The van der Waals surface area contributed by atoms with Gasteiger partial charge in [0.05, 0.1) is 6.20 Å². The second-order valence-corrected chi connectivity index (χ2v) is 3.71. The van der Waals surface area contributed by atoms with Crippen molar-refractivity contribution in [2.75, 3.05) is 0 Å². The number of nitrogens with zero attached hydrogens (tertiary/aromatic N) is 3. The topological polar surface area (TPSA) is 47.8 Å². The predicted molar refractivity (Wildman–Crippen MR) is 47.3 cm³/mol. The molecule has 0 aliphatic heterocycles. The molecule has 70 valence electrons. The second-order valence-electron chi connectivity index (χ2n) is 3.71. The number of carbonyl (C=O) groups is 1. The summed E-state index contributed by atoms with van der Waals surface area (Å²) in [5, 5.41) is 7.47. The third-order valence-electron chi connectivity index (χ3n) is 2.96. The minimum Gasteiger partial charge on any atom is -0.292 e. The van der Waals surface area contributed by atoms with Crippen LogP contribution < -0.4 is 0 Å². The maximum Gasteiger partial charge on any atom is 0.188 e. The van der Waals surface area contributed by atoms with Crippen molar-refractivity contribution in [1.82, 2.24) is 15.0 Å². The third-order valence-corrected chi connectivity index (χ3v) is 2.96. The predicted octanol–water partition coefficient (Wildman–Crippen LogP) is 1.19. The Morgan fingerprint density at radius 2 is 2.38 bits per heavy atom. The van der Waals surface area contributed by atoms with Crippen molar-refractivity contribution in [2.45, 2.75) is 26.2 Å². The maximum atomic E-state index is 11.9. The number of aromatic nitrogens is 3. The van der Waals surface area contributed by atoms with Crippen LogP contribution in [0.5, 0.6) is 0 Å². The summed E-state index contributed by atoms with van der Waals surface area (Å²) in [6.07, 6.45) is 4.52. The number of rotatable bonds is 3. The van der Waals surface area contributed by atoms with Gasteiger partial charge >= 0.3 is 0 Å². The van der Waals surface area contributed by atoms with Crippen LogP contribution in [0.1, 0.15) is 36.7 Å². The molecule has 1 saturated carbocycles. The first-order chi connectivity index (χ1) is 6.19. The lowest BCUT2D eigenvalue weighted by Gasteiger charge is -2.09. The van der Waals surface area contributed by atoms with Crippen LogP contribution in [0.4, 0.5) is 0 Å². The summed E-state index contributed by atoms with van der Waals surface area (Å²) in [5.41, 5.74) is 0.564. The van der Waals surface area contributed by atoms with E-state index in [1.165, 1.54) is 0 Å². The van der Waals surface area contributed by atoms with Gasteiger partial charge in [0.25, 0.3) is 0 Å². The van der Waals surface area contributed by atoms with E-state index in [1.54, 1.807) is 17.9 Å². The molecular weight excluding hydrogens is 166 g/mol. The van der Waals surface area contributed by atoms with Gasteiger partial charge in [-0.15, -0.1) is 5.10 Å². The summed E-state index contributed by atoms with van der Waals surface area (Å²) >= 11 is 0. The van der Waals surface area contributed by atoms with E-state index in [-0.39, 0.29) is 11.2 Å². The molecule has 0 spiro atoms. The van der Waals surface area contributed by atoms with E-state index >= 15 is 0 Å². The first-order valence-electron chi connectivity index (χ1n) is 4.59. The molecule has 0 saturated heterocycles. The van der Waals surface area contributed by atoms with Gasteiger partial charge < -0.3 is 0 Å². The fourth-order valence-electron chi connectivity index (χ4n) is 1.66. The van der Waals surface area contributed by atoms with Crippen molar-refractivity contribution in [3.63, 3.8) is 0 Å². The molecule has 0 radical (unpaired) electrons. The van der Waals surface area contributed by atoms with Gasteiger partial charge in [0.1, 0.15) is 5.69 Å². The van der Waals surface area contributed by atoms with Crippen LogP contribution in [0, 0.1) is 5.41 Å². The highest BCUT2D eigenvalue weighted by Crippen LogP contribution is 2.50. The van der Waals surface area contributed by atoms with Gasteiger partial charge in [0.15, 0.2) is 5.78 Å². The van der Waals surface area contributed by atoms with Crippen molar-refractivity contribution in [3.8, 4) is 0 Å². The fraction of sp³-hybridized carbons (Fsp3) is 0.667. The maximum absolute atomic E-state index is 11.9. The number of hydrogen-bond donors (Lipinski definition) is 0. The molecule has 0 aromatic carbocycles. The van der Waals surface area contributed by atoms with E-state index in [4.69, 9.17) is 0 Å². The van der Waals surface area contributed by atoms with Crippen LogP contribution in [0.25, 0.3) is 0 Å². The summed E-state index contributed by atoms with van der Waals surface area (Å²) in [5.74, 6) is 0.211. The lowest BCUT2D eigenvalue weighted by atomic mass is 9.96. The van der Waals surface area contributed by atoms with Crippen molar-refractivity contribution in [1.29, 1.82) is 0 Å². The molecule has 0 bridgehead atoms. The summed E-state index contributed by atoms with van der Waals surface area (Å²) < 4.78 is 1.55. The minimum atomic E-state index is -0.0739. The fourth-order valence-corrected chi connectivity index (χ4v) is 1.66. The van der Waals surface area contributed by atoms with Gasteiger partial charge in [0.2, 0.25) is 0 Å². The van der Waals surface area contributed by atoms with Gasteiger partial charge in [-0.2, -0.15) is 0 Å². The summed E-state index contributed by atoms with van der Waals surface area (Å²) in [4.78, 5) is 11.9. The molecule has 4 nitrogen and oxygen atoms in total. The third kappa shape index (κ3) is 1.17. The molecule has 1 aromatic rings. The zero-order chi connectivity index (χ0) is 9.47. The Hall–Kier alpha value is -1.19. The number of Topliss-reactive ketones (excluding diaryl/α,β-unsaturated/α-hetero) is 1. The number of hydrogen-bond acceptors (Lipinski definition) is 3. The van der Waals surface area contributed by atoms with Gasteiger partial charge in [-0.1, -0.05) is 12.1 Å². The summed E-state index contributed by atoms with van der Waals surface area (Å²) in [6.45, 7) is 2.06. The van der Waals surface area contributed by atoms with Crippen LogP contribution >= 0.6 is 0 Å². The van der Waals surface area contributed by atoms with Crippen molar-refractivity contribution >= 4 is 5.78 Å². The number of aryl methyl sites for hydroxylation is 1. The Morgan fingerprint density at radius 3 is 2.77 bits per heavy atom. The molecule has 0 unspecified atom stereocenters. The van der Waals surface area contributed by atoms with Crippen LogP contribution in [0.3, 0.4) is 0 Å². The molecule has 1 aliphatic rings. The standard InChI is InChI=1S/C9H13N3O/c1-3-9(4-5-9)8(13)7-6-10-11-12(7)2/h6H,3-5H2,1-2H3. The summed E-state index contributed by atoms with van der Waals surface area (Å²) in [7, 11) is 1.76. The SMILES string of the molecule is CCC1(C(=O)c2cnnn2C)CC1. The van der Waals surface area contributed by atoms with Gasteiger partial charge in [-0.05, 0) is 19.3 Å². The van der Waals surface area contributed by atoms with E-state index in [2.05, 4.69) is 17.2 Å². The number of carbonyl (C=O) groups excluding carboxylic acids is 1. The Bertz CT molecular complexity index is 338. The lowest BCUT2D eigenvalue weighted by molar-refractivity contribution is 0.0886. The smallest absolute Gasteiger partial charge is 0.188 e. The van der Waals surface area contributed by atoms with E-state index in [9.17, 15) is 4.79 Å². The Labute approximate surface area is 76.9 Å². The Kier molecular flexibility index (Phi) is 1.71. The van der Waals surface area contributed by atoms with Gasteiger partial charge in [-0.3, -0.25) is 4.79 Å². The molecule has 0 amide bonds. The van der Waals surface area contributed by atoms with Gasteiger partial charge in [-0.25, -0.2) is 4.68 Å². The largest absolute Gasteiger partial charge is 0.292 e. The van der Waals surface area contributed by atoms with Crippen LogP contribution in [0.2, 0.25) is 0 Å². The van der Waals surface area contributed by atoms with Crippen LogP contribution in [0.15, 0.2) is 6.20 Å². The van der Waals surface area contributed by atoms with Gasteiger partial charge in [0, 0.05) is 12.5 Å². The van der Waals surface area contributed by atoms with Crippen molar-refractivity contribution in [3.05, 3.63) is 11.9 Å². The van der Waals surface area contributed by atoms with E-state index < -0.39 is 0 Å². The van der Waals surface area contributed by atoms with Crippen molar-refractivity contribution in [2.24, 2.45) is 12.5 Å². The zero-order valence-electron chi connectivity index (χ0n) is 7.95. The highest BCUT2D eigenvalue weighted by atomic mass is 16.1. The van der Waals surface area contributed by atoms with E-state index in [0.717, 1.165) is 19.3 Å². The first-order valence-corrected chi connectivity index (χ1v) is 4.59. The minimum absolute atomic E-state index is 0.0739. The molecule has 1 heterocycles. The number of ketones is 1.